The van der Waals surface area contributed by atoms with Gasteiger partial charge in [-0.05, 0) is 31.1 Å². The number of rotatable bonds is 3. The lowest BCUT2D eigenvalue weighted by Gasteiger charge is -2.32. The molecule has 2 amide bonds. The predicted octanol–water partition coefficient (Wildman–Crippen LogP) is 2.61. The Labute approximate surface area is 127 Å². The van der Waals surface area contributed by atoms with Gasteiger partial charge in [-0.3, -0.25) is 14.5 Å². The van der Waals surface area contributed by atoms with Crippen molar-refractivity contribution in [2.75, 3.05) is 0 Å². The van der Waals surface area contributed by atoms with Crippen LogP contribution < -0.4 is 5.32 Å². The number of nitrogens with zero attached hydrogens (tertiary/aromatic N) is 1. The monoisotopic (exact) mass is 292 g/mol. The number of nitrogens with one attached hydrogen (secondary N) is 1. The van der Waals surface area contributed by atoms with Gasteiger partial charge in [0.05, 0.1) is 12.5 Å². The first-order valence-corrected chi connectivity index (χ1v) is 8.61. The Morgan fingerprint density at radius 1 is 1.05 bits per heavy atom. The van der Waals surface area contributed by atoms with Crippen LogP contribution in [-0.4, -0.2) is 34.8 Å². The molecule has 0 aromatic carbocycles. The maximum absolute atomic E-state index is 12.7. The first-order chi connectivity index (χ1) is 9.99. The lowest BCUT2D eigenvalue weighted by atomic mass is 9.87. The van der Waals surface area contributed by atoms with Gasteiger partial charge in [0.25, 0.3) is 0 Å². The standard InChI is InChI=1S/C17H28N2O2/c1-17(2)10-6-9-14(17)18-13-11-15(20)19(16(13)21)12-7-4-3-5-8-12/h12-14,18H,3-11H2,1-2H3. The molecule has 2 unspecified atom stereocenters. The molecule has 0 aromatic heterocycles. The van der Waals surface area contributed by atoms with E-state index in [0.29, 0.717) is 12.5 Å². The van der Waals surface area contributed by atoms with Gasteiger partial charge < -0.3 is 5.32 Å². The van der Waals surface area contributed by atoms with E-state index in [0.717, 1.165) is 32.1 Å². The van der Waals surface area contributed by atoms with Crippen molar-refractivity contribution in [2.45, 2.75) is 89.8 Å². The van der Waals surface area contributed by atoms with E-state index < -0.39 is 0 Å². The highest BCUT2D eigenvalue weighted by Gasteiger charge is 2.45. The van der Waals surface area contributed by atoms with E-state index in [1.807, 2.05) is 0 Å². The van der Waals surface area contributed by atoms with Gasteiger partial charge in [0, 0.05) is 12.1 Å². The van der Waals surface area contributed by atoms with Gasteiger partial charge in [0.1, 0.15) is 0 Å². The number of hydrogen-bond acceptors (Lipinski definition) is 3. The van der Waals surface area contributed by atoms with Gasteiger partial charge in [-0.2, -0.15) is 0 Å². The third kappa shape index (κ3) is 2.87. The van der Waals surface area contributed by atoms with Crippen LogP contribution in [0.4, 0.5) is 0 Å². The fourth-order valence-electron chi connectivity index (χ4n) is 4.38. The second-order valence-electron chi connectivity index (χ2n) is 7.75. The molecule has 0 aromatic rings. The molecule has 2 aliphatic carbocycles. The molecule has 3 fully saturated rings. The largest absolute Gasteiger partial charge is 0.302 e. The summed E-state index contributed by atoms with van der Waals surface area (Å²) in [5.74, 6) is 0.0785. The Morgan fingerprint density at radius 2 is 1.76 bits per heavy atom. The number of imide groups is 1. The molecular formula is C17H28N2O2. The molecule has 1 heterocycles. The normalized spacial score (nSPS) is 33.9. The zero-order chi connectivity index (χ0) is 15.0. The zero-order valence-corrected chi connectivity index (χ0v) is 13.4. The maximum Gasteiger partial charge on any atom is 0.247 e. The van der Waals surface area contributed by atoms with Gasteiger partial charge in [-0.25, -0.2) is 0 Å². The van der Waals surface area contributed by atoms with Crippen molar-refractivity contribution in [2.24, 2.45) is 5.41 Å². The van der Waals surface area contributed by atoms with Crippen molar-refractivity contribution in [1.82, 2.24) is 10.2 Å². The minimum atomic E-state index is -0.276. The quantitative estimate of drug-likeness (QED) is 0.814. The van der Waals surface area contributed by atoms with Crippen LogP contribution in [0.5, 0.6) is 0 Å². The van der Waals surface area contributed by atoms with Crippen LogP contribution in [0.2, 0.25) is 0 Å². The van der Waals surface area contributed by atoms with Crippen molar-refractivity contribution in [1.29, 1.82) is 0 Å². The molecule has 1 saturated heterocycles. The minimum Gasteiger partial charge on any atom is -0.302 e. The van der Waals surface area contributed by atoms with E-state index >= 15 is 0 Å². The summed E-state index contributed by atoms with van der Waals surface area (Å²) in [5.41, 5.74) is 0.238. The lowest BCUT2D eigenvalue weighted by Crippen LogP contribution is -2.49. The van der Waals surface area contributed by atoms with Gasteiger partial charge in [-0.15, -0.1) is 0 Å². The molecule has 2 atom stereocenters. The molecule has 4 heteroatoms. The summed E-state index contributed by atoms with van der Waals surface area (Å²) < 4.78 is 0. The van der Waals surface area contributed by atoms with Crippen molar-refractivity contribution < 1.29 is 9.59 Å². The molecule has 4 nitrogen and oxygen atoms in total. The third-order valence-corrected chi connectivity index (χ3v) is 5.78. The van der Waals surface area contributed by atoms with Crippen LogP contribution in [0.25, 0.3) is 0 Å². The molecule has 118 valence electrons. The maximum atomic E-state index is 12.7. The van der Waals surface area contributed by atoms with Crippen LogP contribution in [0.3, 0.4) is 0 Å². The van der Waals surface area contributed by atoms with E-state index in [1.165, 1.54) is 19.3 Å². The summed E-state index contributed by atoms with van der Waals surface area (Å²) >= 11 is 0. The molecule has 2 saturated carbocycles. The Bertz CT molecular complexity index is 427. The summed E-state index contributed by atoms with van der Waals surface area (Å²) in [6.45, 7) is 4.52. The first-order valence-electron chi connectivity index (χ1n) is 8.61. The SMILES string of the molecule is CC1(C)CCCC1NC1CC(=O)N(C2CCCCC2)C1=O. The highest BCUT2D eigenvalue weighted by molar-refractivity contribution is 6.05. The van der Waals surface area contributed by atoms with Gasteiger partial charge >= 0.3 is 0 Å². The zero-order valence-electron chi connectivity index (χ0n) is 13.4. The average Bonchev–Trinajstić information content (AvgIpc) is 2.92. The summed E-state index contributed by atoms with van der Waals surface area (Å²) in [5, 5.41) is 3.51. The molecule has 3 rings (SSSR count). The van der Waals surface area contributed by atoms with Crippen molar-refractivity contribution in [3.05, 3.63) is 0 Å². The Balaban J connectivity index is 1.66. The molecule has 0 bridgehead atoms. The smallest absolute Gasteiger partial charge is 0.247 e. The van der Waals surface area contributed by atoms with Crippen LogP contribution in [0.1, 0.15) is 71.6 Å². The lowest BCUT2D eigenvalue weighted by molar-refractivity contribution is -0.142. The molecular weight excluding hydrogens is 264 g/mol. The molecule has 0 radical (unpaired) electrons. The predicted molar refractivity (Wildman–Crippen MR) is 81.7 cm³/mol. The van der Waals surface area contributed by atoms with Crippen LogP contribution in [0, 0.1) is 5.41 Å². The number of carbonyl (C=O) groups excluding carboxylic acids is 2. The Morgan fingerprint density at radius 3 is 2.38 bits per heavy atom. The van der Waals surface area contributed by atoms with E-state index in [-0.39, 0.29) is 29.3 Å². The molecule has 0 spiro atoms. The first kappa shape index (κ1) is 15.0. The topological polar surface area (TPSA) is 49.4 Å². The number of likely N-dealkylation sites (tertiary alicyclic amines) is 1. The van der Waals surface area contributed by atoms with Gasteiger partial charge in [0.2, 0.25) is 11.8 Å². The van der Waals surface area contributed by atoms with Crippen LogP contribution in [0.15, 0.2) is 0 Å². The fraction of sp³-hybridized carbons (Fsp3) is 0.882. The van der Waals surface area contributed by atoms with Crippen molar-refractivity contribution in [3.8, 4) is 0 Å². The molecule has 1 aliphatic heterocycles. The van der Waals surface area contributed by atoms with E-state index in [4.69, 9.17) is 0 Å². The van der Waals surface area contributed by atoms with Gasteiger partial charge in [-0.1, -0.05) is 39.5 Å². The van der Waals surface area contributed by atoms with Crippen LogP contribution in [-0.2, 0) is 9.59 Å². The number of amides is 2. The second-order valence-corrected chi connectivity index (χ2v) is 7.75. The minimum absolute atomic E-state index is 0.0367. The van der Waals surface area contributed by atoms with E-state index in [1.54, 1.807) is 4.90 Å². The Hall–Kier alpha value is -0.900. The Kier molecular flexibility index (Phi) is 4.08. The van der Waals surface area contributed by atoms with Crippen molar-refractivity contribution in [3.63, 3.8) is 0 Å². The van der Waals surface area contributed by atoms with E-state index in [2.05, 4.69) is 19.2 Å². The number of hydrogen-bond donors (Lipinski definition) is 1. The fourth-order valence-corrected chi connectivity index (χ4v) is 4.38. The van der Waals surface area contributed by atoms with Gasteiger partial charge in [0.15, 0.2) is 0 Å². The van der Waals surface area contributed by atoms with Crippen molar-refractivity contribution >= 4 is 11.8 Å². The summed E-state index contributed by atoms with van der Waals surface area (Å²) in [6, 6.07) is 0.259. The summed E-state index contributed by atoms with van der Waals surface area (Å²) in [6.07, 6.45) is 9.43. The molecule has 1 N–H and O–H groups in total. The molecule has 3 aliphatic rings. The third-order valence-electron chi connectivity index (χ3n) is 5.78. The number of carbonyl (C=O) groups is 2. The van der Waals surface area contributed by atoms with E-state index in [9.17, 15) is 9.59 Å². The highest BCUT2D eigenvalue weighted by Crippen LogP contribution is 2.38. The average molecular weight is 292 g/mol. The summed E-state index contributed by atoms with van der Waals surface area (Å²) in [4.78, 5) is 26.5. The second kappa shape index (κ2) is 5.71. The van der Waals surface area contributed by atoms with Crippen LogP contribution >= 0.6 is 0 Å². The molecule has 21 heavy (non-hydrogen) atoms. The summed E-state index contributed by atoms with van der Waals surface area (Å²) in [7, 11) is 0. The highest BCUT2D eigenvalue weighted by atomic mass is 16.2.